The SMILES string of the molecule is CCCC(C)OC(=O)Oc1ccc(C(CC(C)OC(=O)C(C)CCC)[C@H](N)C(=O)O)cc1OC(=O)OC(C)CCC. The number of carbonyl (C=O) groups is 4. The molecule has 1 aromatic carbocycles. The second kappa shape index (κ2) is 18.2. The lowest BCUT2D eigenvalue weighted by molar-refractivity contribution is -0.153. The fourth-order valence-corrected chi connectivity index (χ4v) is 4.34. The Kier molecular flexibility index (Phi) is 15.8. The molecular formula is C30H47NO10. The standard InChI is InChI=1S/C30H47NO10/c1-8-11-18(4)28(34)37-21(7)16-23(26(31)27(32)33)22-14-15-24(40-29(35)38-19(5)12-9-2)25(17-22)41-30(36)39-20(6)13-10-3/h14-15,17-21,23,26H,8-13,16,31H2,1-7H3,(H,32,33)/t18?,19?,20?,21?,23?,26-/m0/s1. The average Bonchev–Trinajstić information content (AvgIpc) is 2.88. The molecule has 1 rings (SSSR count). The molecule has 0 amide bonds. The topological polar surface area (TPSA) is 161 Å². The molecule has 41 heavy (non-hydrogen) atoms. The van der Waals surface area contributed by atoms with Gasteiger partial charge >= 0.3 is 24.2 Å². The van der Waals surface area contributed by atoms with E-state index in [2.05, 4.69) is 0 Å². The maximum atomic E-state index is 12.5. The van der Waals surface area contributed by atoms with Crippen LogP contribution < -0.4 is 15.2 Å². The molecule has 0 spiro atoms. The monoisotopic (exact) mass is 581 g/mol. The fourth-order valence-electron chi connectivity index (χ4n) is 4.34. The predicted octanol–water partition coefficient (Wildman–Crippen LogP) is 6.35. The fraction of sp³-hybridized carbons (Fsp3) is 0.667. The molecule has 232 valence electrons. The van der Waals surface area contributed by atoms with Gasteiger partial charge in [0.25, 0.3) is 0 Å². The molecule has 11 heteroatoms. The highest BCUT2D eigenvalue weighted by atomic mass is 16.7. The van der Waals surface area contributed by atoms with Crippen molar-refractivity contribution in [1.82, 2.24) is 0 Å². The normalized spacial score (nSPS) is 15.4. The van der Waals surface area contributed by atoms with Crippen molar-refractivity contribution in [3.63, 3.8) is 0 Å². The van der Waals surface area contributed by atoms with Crippen molar-refractivity contribution in [2.45, 2.75) is 124 Å². The van der Waals surface area contributed by atoms with Gasteiger partial charge in [-0.1, -0.05) is 53.0 Å². The van der Waals surface area contributed by atoms with Crippen LogP contribution in [0.3, 0.4) is 0 Å². The zero-order chi connectivity index (χ0) is 31.1. The molecule has 0 aliphatic heterocycles. The number of carbonyl (C=O) groups excluding carboxylic acids is 3. The van der Waals surface area contributed by atoms with Gasteiger partial charge in [0.05, 0.1) is 12.0 Å². The van der Waals surface area contributed by atoms with Crippen molar-refractivity contribution in [3.05, 3.63) is 23.8 Å². The number of esters is 1. The summed E-state index contributed by atoms with van der Waals surface area (Å²) in [4.78, 5) is 49.3. The van der Waals surface area contributed by atoms with Gasteiger partial charge in [-0.25, -0.2) is 9.59 Å². The van der Waals surface area contributed by atoms with Crippen LogP contribution in [-0.4, -0.2) is 53.7 Å². The quantitative estimate of drug-likeness (QED) is 0.120. The zero-order valence-corrected chi connectivity index (χ0v) is 25.3. The first-order valence-electron chi connectivity index (χ1n) is 14.4. The lowest BCUT2D eigenvalue weighted by Gasteiger charge is -2.26. The number of hydrogen-bond donors (Lipinski definition) is 2. The molecule has 3 N–H and O–H groups in total. The molecule has 0 radical (unpaired) electrons. The van der Waals surface area contributed by atoms with Crippen molar-refractivity contribution >= 4 is 24.2 Å². The van der Waals surface area contributed by atoms with Gasteiger partial charge in [-0.15, -0.1) is 0 Å². The van der Waals surface area contributed by atoms with Gasteiger partial charge in [0.15, 0.2) is 11.5 Å². The van der Waals surface area contributed by atoms with Gasteiger partial charge in [-0.3, -0.25) is 9.59 Å². The van der Waals surface area contributed by atoms with E-state index in [0.717, 1.165) is 19.3 Å². The highest BCUT2D eigenvalue weighted by Crippen LogP contribution is 2.35. The van der Waals surface area contributed by atoms with Crippen molar-refractivity contribution < 1.29 is 48.0 Å². The van der Waals surface area contributed by atoms with E-state index in [1.807, 2.05) is 20.8 Å². The summed E-state index contributed by atoms with van der Waals surface area (Å²) < 4.78 is 26.8. The van der Waals surface area contributed by atoms with Crippen LogP contribution in [0.2, 0.25) is 0 Å². The molecule has 0 aliphatic rings. The molecule has 0 saturated heterocycles. The number of hydrogen-bond acceptors (Lipinski definition) is 10. The smallest absolute Gasteiger partial charge is 0.480 e. The van der Waals surface area contributed by atoms with Gasteiger partial charge in [0.1, 0.15) is 18.2 Å². The molecular weight excluding hydrogens is 534 g/mol. The zero-order valence-electron chi connectivity index (χ0n) is 25.3. The van der Waals surface area contributed by atoms with Crippen LogP contribution in [0.25, 0.3) is 0 Å². The third kappa shape index (κ3) is 12.8. The van der Waals surface area contributed by atoms with Crippen LogP contribution in [0.5, 0.6) is 11.5 Å². The number of aliphatic carboxylic acids is 1. The highest BCUT2D eigenvalue weighted by molar-refractivity contribution is 5.75. The Hall–Kier alpha value is -3.34. The van der Waals surface area contributed by atoms with E-state index in [-0.39, 0.29) is 29.8 Å². The summed E-state index contributed by atoms with van der Waals surface area (Å²) in [5.74, 6) is -3.10. The van der Waals surface area contributed by atoms with Crippen molar-refractivity contribution in [2.75, 3.05) is 0 Å². The third-order valence-corrected chi connectivity index (χ3v) is 6.51. The number of ether oxygens (including phenoxy) is 5. The summed E-state index contributed by atoms with van der Waals surface area (Å²) in [7, 11) is 0. The number of rotatable bonds is 17. The molecule has 11 nitrogen and oxygen atoms in total. The summed E-state index contributed by atoms with van der Waals surface area (Å²) in [5.41, 5.74) is 6.42. The van der Waals surface area contributed by atoms with E-state index in [4.69, 9.17) is 29.4 Å². The first-order chi connectivity index (χ1) is 19.3. The summed E-state index contributed by atoms with van der Waals surface area (Å²) in [6.07, 6.45) is 0.915. The minimum Gasteiger partial charge on any atom is -0.480 e. The maximum absolute atomic E-state index is 12.5. The molecule has 0 fully saturated rings. The van der Waals surface area contributed by atoms with E-state index in [1.54, 1.807) is 27.7 Å². The molecule has 0 aromatic heterocycles. The molecule has 0 heterocycles. The van der Waals surface area contributed by atoms with E-state index >= 15 is 0 Å². The van der Waals surface area contributed by atoms with E-state index in [0.29, 0.717) is 24.8 Å². The lowest BCUT2D eigenvalue weighted by atomic mass is 9.87. The molecule has 6 atom stereocenters. The average molecular weight is 582 g/mol. The Morgan fingerprint density at radius 2 is 1.27 bits per heavy atom. The Balaban J connectivity index is 3.34. The van der Waals surface area contributed by atoms with Gasteiger partial charge in [-0.05, 0) is 64.2 Å². The lowest BCUT2D eigenvalue weighted by Crippen LogP contribution is -2.38. The van der Waals surface area contributed by atoms with Gasteiger partial charge in [-0.2, -0.15) is 0 Å². The van der Waals surface area contributed by atoms with Crippen LogP contribution in [0.15, 0.2) is 18.2 Å². The molecule has 1 aromatic rings. The van der Waals surface area contributed by atoms with Crippen LogP contribution >= 0.6 is 0 Å². The summed E-state index contributed by atoms with van der Waals surface area (Å²) in [5, 5.41) is 9.71. The summed E-state index contributed by atoms with van der Waals surface area (Å²) in [6, 6.07) is 2.87. The van der Waals surface area contributed by atoms with E-state index in [1.165, 1.54) is 18.2 Å². The minimum atomic E-state index is -1.37. The second-order valence-electron chi connectivity index (χ2n) is 10.5. The van der Waals surface area contributed by atoms with Gasteiger partial charge in [0, 0.05) is 5.92 Å². The van der Waals surface area contributed by atoms with E-state index < -0.39 is 48.6 Å². The van der Waals surface area contributed by atoms with E-state index in [9.17, 15) is 24.3 Å². The number of carboxylic acids is 1. The Morgan fingerprint density at radius 1 is 0.756 bits per heavy atom. The number of benzene rings is 1. The Labute approximate surface area is 243 Å². The predicted molar refractivity (Wildman–Crippen MR) is 152 cm³/mol. The molecule has 0 bridgehead atoms. The first kappa shape index (κ1) is 35.7. The molecule has 0 saturated carbocycles. The van der Waals surface area contributed by atoms with Crippen molar-refractivity contribution in [2.24, 2.45) is 11.7 Å². The highest BCUT2D eigenvalue weighted by Gasteiger charge is 2.31. The Morgan fingerprint density at radius 3 is 1.76 bits per heavy atom. The summed E-state index contributed by atoms with van der Waals surface area (Å²) in [6.45, 7) is 12.7. The van der Waals surface area contributed by atoms with Crippen LogP contribution in [-0.2, 0) is 23.8 Å². The second-order valence-corrected chi connectivity index (χ2v) is 10.5. The van der Waals surface area contributed by atoms with Crippen LogP contribution in [0.4, 0.5) is 9.59 Å². The number of nitrogens with two attached hydrogens (primary N) is 1. The number of carboxylic acid groups (broad SMARTS) is 1. The molecule has 0 aliphatic carbocycles. The summed E-state index contributed by atoms with van der Waals surface area (Å²) >= 11 is 0. The largest absolute Gasteiger partial charge is 0.514 e. The third-order valence-electron chi connectivity index (χ3n) is 6.51. The Bertz CT molecular complexity index is 997. The van der Waals surface area contributed by atoms with Gasteiger partial charge < -0.3 is 34.5 Å². The maximum Gasteiger partial charge on any atom is 0.514 e. The van der Waals surface area contributed by atoms with Gasteiger partial charge in [0.2, 0.25) is 0 Å². The van der Waals surface area contributed by atoms with Crippen LogP contribution in [0.1, 0.15) is 105 Å². The minimum absolute atomic E-state index is 0.0756. The molecule has 5 unspecified atom stereocenters. The van der Waals surface area contributed by atoms with Crippen LogP contribution in [0, 0.1) is 5.92 Å². The first-order valence-corrected chi connectivity index (χ1v) is 14.4. The van der Waals surface area contributed by atoms with Crippen molar-refractivity contribution in [3.8, 4) is 11.5 Å². The van der Waals surface area contributed by atoms with Crippen molar-refractivity contribution in [1.29, 1.82) is 0 Å².